The highest BCUT2D eigenvalue weighted by molar-refractivity contribution is 6.30. The Labute approximate surface area is 111 Å². The molecule has 5 heteroatoms. The quantitative estimate of drug-likeness (QED) is 0.839. The molecule has 0 aliphatic carbocycles. The van der Waals surface area contributed by atoms with Gasteiger partial charge in [-0.1, -0.05) is 25.4 Å². The molecule has 0 saturated heterocycles. The maximum atomic E-state index is 13.5. The summed E-state index contributed by atoms with van der Waals surface area (Å²) in [6.07, 6.45) is 0. The molecule has 18 heavy (non-hydrogen) atoms. The third-order valence-electron chi connectivity index (χ3n) is 2.64. The monoisotopic (exact) mass is 273 g/mol. The van der Waals surface area contributed by atoms with Crippen LogP contribution in [0, 0.1) is 11.7 Å². The normalized spacial score (nSPS) is 12.6. The number of rotatable bonds is 5. The van der Waals surface area contributed by atoms with Gasteiger partial charge in [-0.3, -0.25) is 10.1 Å². The summed E-state index contributed by atoms with van der Waals surface area (Å²) in [7, 11) is 1.33. The Bertz CT molecular complexity index is 423. The summed E-state index contributed by atoms with van der Waals surface area (Å²) in [6, 6.07) is 3.87. The van der Waals surface area contributed by atoms with Crippen LogP contribution in [0.3, 0.4) is 0 Å². The Morgan fingerprint density at radius 1 is 1.50 bits per heavy atom. The predicted octanol–water partition coefficient (Wildman–Crippen LogP) is 2.77. The second-order valence-corrected chi connectivity index (χ2v) is 4.80. The smallest absolute Gasteiger partial charge is 0.323 e. The fourth-order valence-electron chi connectivity index (χ4n) is 1.62. The molecule has 1 atom stereocenters. The van der Waals surface area contributed by atoms with Crippen molar-refractivity contribution in [2.24, 2.45) is 5.92 Å². The van der Waals surface area contributed by atoms with E-state index in [-0.39, 0.29) is 24.2 Å². The van der Waals surface area contributed by atoms with Crippen LogP contribution in [0.15, 0.2) is 18.2 Å². The summed E-state index contributed by atoms with van der Waals surface area (Å²) in [5.74, 6) is -0.647. The summed E-state index contributed by atoms with van der Waals surface area (Å²) in [5, 5.41) is 3.45. The van der Waals surface area contributed by atoms with Crippen LogP contribution in [0.5, 0.6) is 0 Å². The summed E-state index contributed by atoms with van der Waals surface area (Å²) in [4.78, 5) is 11.5. The molecule has 0 aliphatic heterocycles. The van der Waals surface area contributed by atoms with Gasteiger partial charge in [0.15, 0.2) is 0 Å². The number of benzene rings is 1. The Kier molecular flexibility index (Phi) is 5.56. The molecular formula is C13H17ClFNO2. The number of nitrogens with one attached hydrogen (secondary N) is 1. The van der Waals surface area contributed by atoms with Gasteiger partial charge in [-0.05, 0) is 24.1 Å². The van der Waals surface area contributed by atoms with Crippen LogP contribution >= 0.6 is 11.6 Å². The van der Waals surface area contributed by atoms with Gasteiger partial charge in [-0.25, -0.2) is 4.39 Å². The number of esters is 1. The first kappa shape index (κ1) is 14.9. The third-order valence-corrected chi connectivity index (χ3v) is 2.88. The second-order valence-electron chi connectivity index (χ2n) is 4.36. The summed E-state index contributed by atoms with van der Waals surface area (Å²) in [6.45, 7) is 4.01. The maximum absolute atomic E-state index is 13.5. The van der Waals surface area contributed by atoms with Crippen LogP contribution in [-0.4, -0.2) is 19.1 Å². The van der Waals surface area contributed by atoms with Crippen LogP contribution < -0.4 is 5.32 Å². The number of hydrogen-bond donors (Lipinski definition) is 1. The first-order chi connectivity index (χ1) is 8.45. The molecule has 0 bridgehead atoms. The third kappa shape index (κ3) is 3.96. The van der Waals surface area contributed by atoms with E-state index in [0.717, 1.165) is 0 Å². The highest BCUT2D eigenvalue weighted by atomic mass is 35.5. The Balaban J connectivity index is 2.73. The van der Waals surface area contributed by atoms with Gasteiger partial charge in [0.05, 0.1) is 7.11 Å². The minimum atomic E-state index is -0.464. The molecule has 0 heterocycles. The molecule has 1 aromatic carbocycles. The number of carbonyl (C=O) groups is 1. The van der Waals surface area contributed by atoms with Crippen LogP contribution in [0.25, 0.3) is 0 Å². The number of ether oxygens (including phenoxy) is 1. The van der Waals surface area contributed by atoms with E-state index in [9.17, 15) is 9.18 Å². The first-order valence-corrected chi connectivity index (χ1v) is 6.08. The minimum Gasteiger partial charge on any atom is -0.468 e. The minimum absolute atomic E-state index is 0.0553. The van der Waals surface area contributed by atoms with Crippen LogP contribution in [0.2, 0.25) is 5.02 Å². The molecule has 0 aromatic heterocycles. The van der Waals surface area contributed by atoms with Crippen molar-refractivity contribution >= 4 is 17.6 Å². The van der Waals surface area contributed by atoms with E-state index in [2.05, 4.69) is 5.32 Å². The van der Waals surface area contributed by atoms with Gasteiger partial charge < -0.3 is 4.74 Å². The van der Waals surface area contributed by atoms with Crippen molar-refractivity contribution < 1.29 is 13.9 Å². The SMILES string of the molecule is COC(=O)C(NCc1cc(Cl)ccc1F)C(C)C. The Hall–Kier alpha value is -1.13. The average Bonchev–Trinajstić information content (AvgIpc) is 2.32. The van der Waals surface area contributed by atoms with E-state index in [1.54, 1.807) is 6.07 Å². The standard InChI is InChI=1S/C13H17ClFNO2/c1-8(2)12(13(17)18-3)16-7-9-6-10(14)4-5-11(9)15/h4-6,8,12,16H,7H2,1-3H3. The number of carbonyl (C=O) groups excluding carboxylic acids is 1. The summed E-state index contributed by atoms with van der Waals surface area (Å²) in [5.41, 5.74) is 0.428. The summed E-state index contributed by atoms with van der Waals surface area (Å²) < 4.78 is 18.2. The van der Waals surface area contributed by atoms with E-state index >= 15 is 0 Å². The van der Waals surface area contributed by atoms with E-state index in [0.29, 0.717) is 10.6 Å². The highest BCUT2D eigenvalue weighted by Crippen LogP contribution is 2.15. The zero-order valence-electron chi connectivity index (χ0n) is 10.7. The lowest BCUT2D eigenvalue weighted by Crippen LogP contribution is -2.41. The maximum Gasteiger partial charge on any atom is 0.323 e. The number of hydrogen-bond acceptors (Lipinski definition) is 3. The van der Waals surface area contributed by atoms with Gasteiger partial charge in [0.2, 0.25) is 0 Å². The lowest BCUT2D eigenvalue weighted by molar-refractivity contribution is -0.144. The largest absolute Gasteiger partial charge is 0.468 e. The molecule has 1 rings (SSSR count). The molecule has 0 amide bonds. The molecule has 1 unspecified atom stereocenters. The molecule has 1 N–H and O–H groups in total. The van der Waals surface area contributed by atoms with Crippen molar-refractivity contribution in [3.63, 3.8) is 0 Å². The van der Waals surface area contributed by atoms with Crippen LogP contribution in [0.1, 0.15) is 19.4 Å². The van der Waals surface area contributed by atoms with E-state index in [1.165, 1.54) is 19.2 Å². The highest BCUT2D eigenvalue weighted by Gasteiger charge is 2.22. The van der Waals surface area contributed by atoms with E-state index in [4.69, 9.17) is 16.3 Å². The lowest BCUT2D eigenvalue weighted by Gasteiger charge is -2.20. The van der Waals surface area contributed by atoms with Gasteiger partial charge in [0, 0.05) is 17.1 Å². The average molecular weight is 274 g/mol. The molecular weight excluding hydrogens is 257 g/mol. The zero-order valence-corrected chi connectivity index (χ0v) is 11.4. The summed E-state index contributed by atoms with van der Waals surface area (Å²) >= 11 is 5.80. The first-order valence-electron chi connectivity index (χ1n) is 5.70. The van der Waals surface area contributed by atoms with Crippen molar-refractivity contribution in [3.05, 3.63) is 34.6 Å². The predicted molar refractivity (Wildman–Crippen MR) is 68.9 cm³/mol. The molecule has 0 aliphatic rings. The van der Waals surface area contributed by atoms with Crippen LogP contribution in [0.4, 0.5) is 4.39 Å². The fourth-order valence-corrected chi connectivity index (χ4v) is 1.81. The molecule has 0 spiro atoms. The van der Waals surface area contributed by atoms with Crippen molar-refractivity contribution in [2.45, 2.75) is 26.4 Å². The van der Waals surface area contributed by atoms with Crippen molar-refractivity contribution in [3.8, 4) is 0 Å². The second kappa shape index (κ2) is 6.71. The van der Waals surface area contributed by atoms with E-state index in [1.807, 2.05) is 13.8 Å². The number of halogens is 2. The molecule has 0 saturated carbocycles. The molecule has 3 nitrogen and oxygen atoms in total. The van der Waals surface area contributed by atoms with Crippen molar-refractivity contribution in [1.82, 2.24) is 5.32 Å². The van der Waals surface area contributed by atoms with Crippen molar-refractivity contribution in [2.75, 3.05) is 7.11 Å². The van der Waals surface area contributed by atoms with Crippen molar-refractivity contribution in [1.29, 1.82) is 0 Å². The zero-order chi connectivity index (χ0) is 13.7. The fraction of sp³-hybridized carbons (Fsp3) is 0.462. The van der Waals surface area contributed by atoms with Gasteiger partial charge in [-0.2, -0.15) is 0 Å². The van der Waals surface area contributed by atoms with Gasteiger partial charge in [0.25, 0.3) is 0 Å². The number of methoxy groups -OCH3 is 1. The topological polar surface area (TPSA) is 38.3 Å². The Morgan fingerprint density at radius 3 is 2.72 bits per heavy atom. The van der Waals surface area contributed by atoms with Crippen LogP contribution in [-0.2, 0) is 16.1 Å². The van der Waals surface area contributed by atoms with Gasteiger partial charge in [-0.15, -0.1) is 0 Å². The molecule has 0 radical (unpaired) electrons. The Morgan fingerprint density at radius 2 is 2.17 bits per heavy atom. The van der Waals surface area contributed by atoms with Gasteiger partial charge >= 0.3 is 5.97 Å². The van der Waals surface area contributed by atoms with E-state index < -0.39 is 6.04 Å². The lowest BCUT2D eigenvalue weighted by atomic mass is 10.0. The van der Waals surface area contributed by atoms with Gasteiger partial charge in [0.1, 0.15) is 11.9 Å². The molecule has 100 valence electrons. The molecule has 0 fully saturated rings. The molecule has 1 aromatic rings.